The van der Waals surface area contributed by atoms with Crippen molar-refractivity contribution in [1.82, 2.24) is 19.9 Å². The van der Waals surface area contributed by atoms with Gasteiger partial charge in [0.25, 0.3) is 0 Å². The number of hydrogen-bond acceptors (Lipinski definition) is 7. The van der Waals surface area contributed by atoms with Gasteiger partial charge in [-0.15, -0.1) is 0 Å². The molecule has 166 valence electrons. The number of aromatic nitrogens is 3. The third-order valence-corrected chi connectivity index (χ3v) is 7.18. The second-order valence-corrected chi connectivity index (χ2v) is 9.21. The zero-order valence-corrected chi connectivity index (χ0v) is 17.6. The van der Waals surface area contributed by atoms with E-state index >= 15 is 0 Å². The van der Waals surface area contributed by atoms with Gasteiger partial charge in [-0.3, -0.25) is 9.88 Å². The van der Waals surface area contributed by atoms with Crippen molar-refractivity contribution in [3.63, 3.8) is 0 Å². The fraction of sp³-hybridized carbons (Fsp3) is 0.667. The van der Waals surface area contributed by atoms with Crippen molar-refractivity contribution < 1.29 is 21.0 Å². The second-order valence-electron chi connectivity index (χ2n) is 8.80. The van der Waals surface area contributed by atoms with Gasteiger partial charge in [-0.05, 0) is 19.4 Å². The van der Waals surface area contributed by atoms with E-state index in [4.69, 9.17) is 23.8 Å². The maximum Gasteiger partial charge on any atom is 0.319 e. The highest BCUT2D eigenvalue weighted by molar-refractivity contribution is 6.35. The molecule has 4 aliphatic rings. The minimum absolute atomic E-state index is 0.0574. The van der Waals surface area contributed by atoms with Gasteiger partial charge >= 0.3 is 6.01 Å². The molecule has 7 nitrogen and oxygen atoms in total. The molecule has 4 fully saturated rings. The molecule has 0 radical (unpaired) electrons. The Morgan fingerprint density at radius 1 is 1.32 bits per heavy atom. The van der Waals surface area contributed by atoms with Gasteiger partial charge in [-0.2, -0.15) is 9.97 Å². The molecule has 3 aliphatic heterocycles. The molecule has 1 aliphatic carbocycles. The van der Waals surface area contributed by atoms with Gasteiger partial charge in [0.1, 0.15) is 30.2 Å². The number of anilines is 1. The van der Waals surface area contributed by atoms with Crippen LogP contribution in [0.5, 0.6) is 6.01 Å². The number of pyridine rings is 1. The molecule has 31 heavy (non-hydrogen) atoms. The van der Waals surface area contributed by atoms with Crippen LogP contribution < -0.4 is 9.64 Å². The number of rotatable bonds is 4. The Balaban J connectivity index is 1.42. The van der Waals surface area contributed by atoms with Crippen molar-refractivity contribution in [2.24, 2.45) is 5.92 Å². The Hall–Kier alpha value is -1.84. The summed E-state index contributed by atoms with van der Waals surface area (Å²) in [6.07, 6.45) is 2.17. The van der Waals surface area contributed by atoms with E-state index in [1.54, 1.807) is 6.20 Å². The molecule has 2 aromatic rings. The summed E-state index contributed by atoms with van der Waals surface area (Å²) in [5, 5.41) is 0.780. The molecule has 0 spiro atoms. The topological polar surface area (TPSA) is 63.6 Å². The molecule has 0 aromatic carbocycles. The lowest BCUT2D eigenvalue weighted by atomic mass is 9.95. The SMILES string of the molecule is [2H]C([2H])(Oc1nc(N2CCOC[C@H]3[C@H](F)[C@H]32)c2cncc(Cl)c2n1)[C@@]12CCCN1C[C@H](F)C2. The fourth-order valence-electron chi connectivity index (χ4n) is 5.33. The molecule has 5 heterocycles. The number of alkyl halides is 2. The second kappa shape index (κ2) is 7.35. The number of ether oxygens (including phenoxy) is 2. The molecule has 10 heteroatoms. The largest absolute Gasteiger partial charge is 0.461 e. The zero-order valence-electron chi connectivity index (χ0n) is 18.8. The van der Waals surface area contributed by atoms with Crippen LogP contribution in [0.2, 0.25) is 5.02 Å². The summed E-state index contributed by atoms with van der Waals surface area (Å²) in [6, 6.07) is -0.600. The Bertz CT molecular complexity index is 1100. The molecular formula is C21H24ClF2N5O2. The first-order chi connectivity index (χ1) is 15.8. The van der Waals surface area contributed by atoms with Crippen molar-refractivity contribution >= 4 is 28.3 Å². The maximum absolute atomic E-state index is 14.5. The highest BCUT2D eigenvalue weighted by atomic mass is 35.5. The van der Waals surface area contributed by atoms with E-state index in [0.29, 0.717) is 49.4 Å². The summed E-state index contributed by atoms with van der Waals surface area (Å²) in [5.41, 5.74) is -0.731. The van der Waals surface area contributed by atoms with Crippen molar-refractivity contribution in [3.05, 3.63) is 17.4 Å². The van der Waals surface area contributed by atoms with Crippen LogP contribution in [-0.4, -0.2) is 83.2 Å². The molecule has 3 saturated heterocycles. The van der Waals surface area contributed by atoms with Gasteiger partial charge in [0.05, 0.1) is 37.9 Å². The molecule has 0 unspecified atom stereocenters. The first-order valence-corrected chi connectivity index (χ1v) is 11.1. The van der Waals surface area contributed by atoms with Gasteiger partial charge in [-0.25, -0.2) is 8.78 Å². The maximum atomic E-state index is 14.5. The number of fused-ring (bicyclic) bond motifs is 3. The van der Waals surface area contributed by atoms with Crippen molar-refractivity contribution in [2.75, 3.05) is 44.3 Å². The minimum Gasteiger partial charge on any atom is -0.461 e. The first kappa shape index (κ1) is 17.7. The van der Waals surface area contributed by atoms with Gasteiger partial charge < -0.3 is 14.4 Å². The molecule has 0 bridgehead atoms. The molecule has 1 saturated carbocycles. The fourth-order valence-corrected chi connectivity index (χ4v) is 5.53. The number of halogens is 3. The standard InChI is InChI=1S/C21H24ClF2N5O2/c22-15-8-25-7-13-17(15)26-20(31-11-21-2-1-3-28(21)9-12(23)6-21)27-19(13)29-4-5-30-10-14-16(24)18(14)29/h7-8,12,14,16,18H,1-6,9-11H2/t12-,14+,16+,18+,21+/m1/s1/i11D2. The van der Waals surface area contributed by atoms with Crippen LogP contribution in [0.3, 0.4) is 0 Å². The third kappa shape index (κ3) is 3.24. The smallest absolute Gasteiger partial charge is 0.319 e. The van der Waals surface area contributed by atoms with Crippen LogP contribution in [0.25, 0.3) is 10.9 Å². The lowest BCUT2D eigenvalue weighted by molar-refractivity contribution is 0.107. The Kier molecular flexibility index (Phi) is 4.19. The predicted octanol–water partition coefficient (Wildman–Crippen LogP) is 2.81. The van der Waals surface area contributed by atoms with Crippen molar-refractivity contribution in [1.29, 1.82) is 0 Å². The average Bonchev–Trinajstić information content (AvgIpc) is 3.12. The lowest BCUT2D eigenvalue weighted by Crippen LogP contribution is -2.43. The summed E-state index contributed by atoms with van der Waals surface area (Å²) >= 11 is 6.38. The molecular weight excluding hydrogens is 428 g/mol. The molecule has 0 amide bonds. The number of nitrogens with zero attached hydrogens (tertiary/aromatic N) is 5. The summed E-state index contributed by atoms with van der Waals surface area (Å²) in [4.78, 5) is 16.7. The van der Waals surface area contributed by atoms with E-state index < -0.39 is 24.4 Å². The van der Waals surface area contributed by atoms with Crippen LogP contribution in [-0.2, 0) is 4.74 Å². The predicted molar refractivity (Wildman–Crippen MR) is 111 cm³/mol. The van der Waals surface area contributed by atoms with E-state index in [1.165, 1.54) is 6.20 Å². The average molecular weight is 454 g/mol. The zero-order chi connectivity index (χ0) is 23.0. The van der Waals surface area contributed by atoms with E-state index in [-0.39, 0.29) is 36.0 Å². The van der Waals surface area contributed by atoms with Crippen LogP contribution in [0.1, 0.15) is 22.0 Å². The third-order valence-electron chi connectivity index (χ3n) is 6.91. The normalized spacial score (nSPS) is 36.5. The van der Waals surface area contributed by atoms with Crippen LogP contribution >= 0.6 is 11.6 Å². The van der Waals surface area contributed by atoms with Crippen LogP contribution in [0.4, 0.5) is 14.6 Å². The lowest BCUT2D eigenvalue weighted by Gasteiger charge is -2.31. The van der Waals surface area contributed by atoms with Crippen LogP contribution in [0, 0.1) is 5.92 Å². The quantitative estimate of drug-likeness (QED) is 0.705. The molecule has 2 aromatic heterocycles. The summed E-state index contributed by atoms with van der Waals surface area (Å²) in [7, 11) is 0. The van der Waals surface area contributed by atoms with Gasteiger partial charge in [0.15, 0.2) is 0 Å². The highest BCUT2D eigenvalue weighted by Crippen LogP contribution is 2.45. The van der Waals surface area contributed by atoms with Crippen molar-refractivity contribution in [2.45, 2.75) is 43.2 Å². The van der Waals surface area contributed by atoms with E-state index in [0.717, 1.165) is 6.42 Å². The summed E-state index contributed by atoms with van der Waals surface area (Å²) in [6.45, 7) is -0.251. The summed E-state index contributed by atoms with van der Waals surface area (Å²) in [5.74, 6) is 0.142. The summed E-state index contributed by atoms with van der Waals surface area (Å²) < 4.78 is 57.7. The molecule has 6 rings (SSSR count). The first-order valence-electron chi connectivity index (χ1n) is 11.7. The monoisotopic (exact) mass is 453 g/mol. The van der Waals surface area contributed by atoms with Crippen LogP contribution in [0.15, 0.2) is 12.4 Å². The Morgan fingerprint density at radius 2 is 2.23 bits per heavy atom. The van der Waals surface area contributed by atoms with Gasteiger partial charge in [0, 0.05) is 37.8 Å². The number of hydrogen-bond donors (Lipinski definition) is 0. The van der Waals surface area contributed by atoms with E-state index in [2.05, 4.69) is 15.0 Å². The van der Waals surface area contributed by atoms with E-state index in [9.17, 15) is 8.78 Å². The minimum atomic E-state index is -2.23. The van der Waals surface area contributed by atoms with Gasteiger partial charge in [0.2, 0.25) is 0 Å². The molecule has 0 N–H and O–H groups in total. The van der Waals surface area contributed by atoms with E-state index in [1.807, 2.05) is 9.80 Å². The Morgan fingerprint density at radius 3 is 3.13 bits per heavy atom. The molecule has 5 atom stereocenters. The highest BCUT2D eigenvalue weighted by Gasteiger charge is 2.56. The van der Waals surface area contributed by atoms with Crippen molar-refractivity contribution in [3.8, 4) is 6.01 Å². The van der Waals surface area contributed by atoms with Gasteiger partial charge in [-0.1, -0.05) is 11.6 Å². The Labute approximate surface area is 186 Å².